The number of nitrogens with one attached hydrogen (secondary N) is 2. The van der Waals surface area contributed by atoms with Crippen molar-refractivity contribution in [1.82, 2.24) is 24.6 Å². The number of benzene rings is 1. The summed E-state index contributed by atoms with van der Waals surface area (Å²) < 4.78 is 13.0. The van der Waals surface area contributed by atoms with Gasteiger partial charge in [-0.15, -0.1) is 0 Å². The number of fused-ring (bicyclic) bond motifs is 4. The molecule has 6 heterocycles. The Morgan fingerprint density at radius 3 is 2.80 bits per heavy atom. The Kier molecular flexibility index (Phi) is 5.49. The molecule has 0 aliphatic carbocycles. The van der Waals surface area contributed by atoms with Crippen LogP contribution in [0.5, 0.6) is 0 Å². The van der Waals surface area contributed by atoms with Crippen LogP contribution >= 0.6 is 0 Å². The van der Waals surface area contributed by atoms with E-state index in [9.17, 15) is 9.59 Å². The van der Waals surface area contributed by atoms with E-state index in [1.54, 1.807) is 11.2 Å². The maximum Gasteiger partial charge on any atom is 0.414 e. The molecule has 2 aliphatic heterocycles. The van der Waals surface area contributed by atoms with Gasteiger partial charge < -0.3 is 24.7 Å². The van der Waals surface area contributed by atoms with Crippen LogP contribution in [-0.4, -0.2) is 58.0 Å². The molecule has 4 aromatic heterocycles. The Labute approximate surface area is 229 Å². The van der Waals surface area contributed by atoms with Gasteiger partial charge in [0, 0.05) is 24.7 Å². The Bertz CT molecular complexity index is 1820. The molecule has 7 rings (SSSR count). The van der Waals surface area contributed by atoms with Crippen LogP contribution in [0.15, 0.2) is 59.3 Å². The third-order valence-corrected chi connectivity index (χ3v) is 7.26. The molecule has 2 aliphatic rings. The lowest BCUT2D eigenvalue weighted by Crippen LogP contribution is -2.27. The van der Waals surface area contributed by atoms with E-state index in [-0.39, 0.29) is 18.1 Å². The smallest absolute Gasteiger partial charge is 0.414 e. The molecule has 202 valence electrons. The molecule has 2 N–H and O–H groups in total. The number of hydrogen-bond acceptors (Lipinski definition) is 8. The number of carbonyl (C=O) groups excluding carboxylic acids is 2. The quantitative estimate of drug-likeness (QED) is 0.324. The van der Waals surface area contributed by atoms with Crippen LogP contribution in [0.4, 0.5) is 22.0 Å². The highest BCUT2D eigenvalue weighted by atomic mass is 16.6. The Morgan fingerprint density at radius 1 is 1.12 bits per heavy atom. The topological polar surface area (TPSA) is 117 Å². The number of pyridine rings is 2. The Morgan fingerprint density at radius 2 is 2.00 bits per heavy atom. The maximum atomic E-state index is 13.1. The Balaban J connectivity index is 1.29. The van der Waals surface area contributed by atoms with Crippen molar-refractivity contribution in [2.45, 2.75) is 26.1 Å². The van der Waals surface area contributed by atoms with Gasteiger partial charge in [-0.05, 0) is 56.9 Å². The first-order valence-electron chi connectivity index (χ1n) is 13.1. The van der Waals surface area contributed by atoms with Gasteiger partial charge in [0.2, 0.25) is 0 Å². The molecule has 1 aromatic carbocycles. The summed E-state index contributed by atoms with van der Waals surface area (Å²) in [5, 5.41) is 6.33. The summed E-state index contributed by atoms with van der Waals surface area (Å²) in [4.78, 5) is 38.5. The van der Waals surface area contributed by atoms with Crippen LogP contribution in [-0.2, 0) is 17.8 Å². The van der Waals surface area contributed by atoms with Crippen molar-refractivity contribution in [3.63, 3.8) is 0 Å². The second-order valence-corrected chi connectivity index (χ2v) is 10.4. The number of carbonyl (C=O) groups is 2. The third-order valence-electron chi connectivity index (χ3n) is 7.26. The van der Waals surface area contributed by atoms with Crippen LogP contribution in [0, 0.1) is 0 Å². The minimum absolute atomic E-state index is 0.152. The van der Waals surface area contributed by atoms with Gasteiger partial charge in [-0.2, -0.15) is 0 Å². The van der Waals surface area contributed by atoms with E-state index in [1.807, 2.05) is 79.0 Å². The zero-order chi connectivity index (χ0) is 27.5. The summed E-state index contributed by atoms with van der Waals surface area (Å²) in [7, 11) is 3.90. The van der Waals surface area contributed by atoms with Crippen LogP contribution in [0.25, 0.3) is 28.0 Å². The second-order valence-electron chi connectivity index (χ2n) is 10.4. The number of hydrogen-bond donors (Lipinski definition) is 2. The molecule has 0 unspecified atom stereocenters. The lowest BCUT2D eigenvalue weighted by Gasteiger charge is -2.20. The van der Waals surface area contributed by atoms with Gasteiger partial charge in [0.05, 0.1) is 52.8 Å². The van der Waals surface area contributed by atoms with Crippen LogP contribution in [0.3, 0.4) is 0 Å². The van der Waals surface area contributed by atoms with Crippen molar-refractivity contribution in [1.29, 1.82) is 0 Å². The number of imidazole rings is 1. The van der Waals surface area contributed by atoms with Gasteiger partial charge in [-0.25, -0.2) is 14.8 Å². The minimum atomic E-state index is -0.375. The van der Waals surface area contributed by atoms with Crippen LogP contribution in [0.2, 0.25) is 0 Å². The van der Waals surface area contributed by atoms with Gasteiger partial charge in [-0.1, -0.05) is 6.07 Å². The number of amides is 2. The van der Waals surface area contributed by atoms with Crippen molar-refractivity contribution >= 4 is 45.9 Å². The number of ether oxygens (including phenoxy) is 1. The zero-order valence-electron chi connectivity index (χ0n) is 22.3. The fourth-order valence-corrected chi connectivity index (χ4v) is 5.56. The Hall–Kier alpha value is -4.90. The van der Waals surface area contributed by atoms with E-state index in [1.165, 1.54) is 0 Å². The molecule has 1 saturated heterocycles. The number of furan rings is 1. The van der Waals surface area contributed by atoms with Crippen LogP contribution in [0.1, 0.15) is 28.5 Å². The summed E-state index contributed by atoms with van der Waals surface area (Å²) in [5.74, 6) is 0.423. The first-order chi connectivity index (χ1) is 19.4. The van der Waals surface area contributed by atoms with E-state index in [0.29, 0.717) is 42.4 Å². The van der Waals surface area contributed by atoms with E-state index < -0.39 is 0 Å². The average molecular weight is 538 g/mol. The predicted molar refractivity (Wildman–Crippen MR) is 150 cm³/mol. The number of aromatic nitrogens is 3. The molecular weight excluding hydrogens is 510 g/mol. The molecule has 2 amide bonds. The largest absolute Gasteiger partial charge is 0.463 e. The molecule has 0 spiro atoms. The molecule has 11 heteroatoms. The fraction of sp³-hybridized carbons (Fsp3) is 0.241. The SMILES string of the molecule is C[C@@H]1CN(c2ccc(Nc3ccc(-c4cnc5ccc6occc6n45)c4c3C(=O)NC4)nc2CN(C)C)C(=O)O1. The normalized spacial score (nSPS) is 16.7. The van der Waals surface area contributed by atoms with E-state index in [0.717, 1.165) is 39.3 Å². The minimum Gasteiger partial charge on any atom is -0.463 e. The molecular formula is C29H27N7O4. The number of cyclic esters (lactones) is 1. The number of rotatable bonds is 6. The van der Waals surface area contributed by atoms with Crippen molar-refractivity contribution < 1.29 is 18.7 Å². The van der Waals surface area contributed by atoms with Crippen LogP contribution < -0.4 is 15.5 Å². The van der Waals surface area contributed by atoms with Gasteiger partial charge >= 0.3 is 6.09 Å². The lowest BCUT2D eigenvalue weighted by atomic mass is 9.99. The standard InChI is InChI=1S/C29H27N7O4/c1-16-14-35(29(38)40-16)21-6-8-25(33-20(21)15-34(2)3)32-19-5-4-17(18-12-31-28(37)27(18)19)23-13-30-26-9-7-24-22(36(23)26)10-11-39-24/h4-11,13,16H,12,14-15H2,1-3H3,(H,31,37)(H,32,33)/t16-/m1/s1. The molecule has 1 fully saturated rings. The summed E-state index contributed by atoms with van der Waals surface area (Å²) in [6.07, 6.45) is 2.92. The van der Waals surface area contributed by atoms with Crippen molar-refractivity contribution in [3.8, 4) is 11.3 Å². The van der Waals surface area contributed by atoms with Crippen molar-refractivity contribution in [3.05, 3.63) is 71.7 Å². The monoisotopic (exact) mass is 537 g/mol. The summed E-state index contributed by atoms with van der Waals surface area (Å²) >= 11 is 0. The first kappa shape index (κ1) is 24.2. The molecule has 0 saturated carbocycles. The van der Waals surface area contributed by atoms with Gasteiger partial charge in [0.25, 0.3) is 5.91 Å². The van der Waals surface area contributed by atoms with E-state index in [4.69, 9.17) is 14.1 Å². The maximum absolute atomic E-state index is 13.1. The first-order valence-corrected chi connectivity index (χ1v) is 13.1. The number of nitrogens with zero attached hydrogens (tertiary/aromatic N) is 5. The molecule has 5 aromatic rings. The van der Waals surface area contributed by atoms with Crippen molar-refractivity contribution in [2.24, 2.45) is 0 Å². The lowest BCUT2D eigenvalue weighted by molar-refractivity contribution is 0.0966. The predicted octanol–water partition coefficient (Wildman–Crippen LogP) is 4.54. The molecule has 40 heavy (non-hydrogen) atoms. The van der Waals surface area contributed by atoms with Crippen molar-refractivity contribution in [2.75, 3.05) is 30.9 Å². The number of anilines is 3. The molecule has 0 radical (unpaired) electrons. The third kappa shape index (κ3) is 3.85. The summed E-state index contributed by atoms with van der Waals surface area (Å²) in [5.41, 5.74) is 7.82. The fourth-order valence-electron chi connectivity index (χ4n) is 5.56. The summed E-state index contributed by atoms with van der Waals surface area (Å²) in [6, 6.07) is 13.3. The molecule has 11 nitrogen and oxygen atoms in total. The highest BCUT2D eigenvalue weighted by Crippen LogP contribution is 2.37. The molecule has 1 atom stereocenters. The average Bonchev–Trinajstić information content (AvgIpc) is 3.70. The molecule has 0 bridgehead atoms. The van der Waals surface area contributed by atoms with Gasteiger partial charge in [-0.3, -0.25) is 14.1 Å². The van der Waals surface area contributed by atoms with Gasteiger partial charge in [0.1, 0.15) is 17.6 Å². The second kappa shape index (κ2) is 9.09. The zero-order valence-corrected chi connectivity index (χ0v) is 22.3. The summed E-state index contributed by atoms with van der Waals surface area (Å²) in [6.45, 7) is 3.27. The van der Waals surface area contributed by atoms with E-state index in [2.05, 4.69) is 15.6 Å². The van der Waals surface area contributed by atoms with E-state index >= 15 is 0 Å². The highest BCUT2D eigenvalue weighted by Gasteiger charge is 2.32. The highest BCUT2D eigenvalue weighted by molar-refractivity contribution is 6.06. The van der Waals surface area contributed by atoms with Gasteiger partial charge in [0.15, 0.2) is 5.58 Å².